The first-order valence-corrected chi connectivity index (χ1v) is 6.83. The predicted octanol–water partition coefficient (Wildman–Crippen LogP) is 1.87. The molecule has 1 aromatic rings. The summed E-state index contributed by atoms with van der Waals surface area (Å²) in [5.74, 6) is 0.382. The Bertz CT molecular complexity index is 455. The summed E-state index contributed by atoms with van der Waals surface area (Å²) >= 11 is 0. The number of benzene rings is 1. The van der Waals surface area contributed by atoms with Gasteiger partial charge < -0.3 is 15.7 Å². The zero-order chi connectivity index (χ0) is 14.0. The molecule has 4 nitrogen and oxygen atoms in total. The van der Waals surface area contributed by atoms with E-state index in [-0.39, 0.29) is 17.6 Å². The third-order valence-corrected chi connectivity index (χ3v) is 3.54. The van der Waals surface area contributed by atoms with Crippen molar-refractivity contribution in [1.29, 1.82) is 0 Å². The Morgan fingerprint density at radius 2 is 2.16 bits per heavy atom. The maximum atomic E-state index is 12.4. The summed E-state index contributed by atoms with van der Waals surface area (Å²) in [5, 5.41) is 9.49. The molecule has 0 unspecified atom stereocenters. The van der Waals surface area contributed by atoms with E-state index in [4.69, 9.17) is 5.73 Å². The molecule has 1 aliphatic rings. The molecule has 4 heteroatoms. The fourth-order valence-corrected chi connectivity index (χ4v) is 2.10. The quantitative estimate of drug-likeness (QED) is 0.851. The first-order chi connectivity index (χ1) is 8.99. The molecule has 1 atom stereocenters. The van der Waals surface area contributed by atoms with Gasteiger partial charge in [0.15, 0.2) is 0 Å². The minimum absolute atomic E-state index is 0.0147. The largest absolute Gasteiger partial charge is 0.508 e. The predicted molar refractivity (Wildman–Crippen MR) is 74.5 cm³/mol. The molecule has 1 amide bonds. The average Bonchev–Trinajstić information content (AvgIpc) is 3.18. The van der Waals surface area contributed by atoms with E-state index < -0.39 is 6.04 Å². The van der Waals surface area contributed by atoms with Crippen LogP contribution < -0.4 is 5.73 Å². The zero-order valence-electron chi connectivity index (χ0n) is 11.5. The molecular formula is C15H22N2O2. The van der Waals surface area contributed by atoms with Crippen LogP contribution in [0.4, 0.5) is 0 Å². The van der Waals surface area contributed by atoms with Gasteiger partial charge in [-0.3, -0.25) is 4.79 Å². The summed E-state index contributed by atoms with van der Waals surface area (Å²) in [6, 6.07) is 6.92. The Morgan fingerprint density at radius 3 is 2.68 bits per heavy atom. The zero-order valence-corrected chi connectivity index (χ0v) is 11.5. The van der Waals surface area contributed by atoms with E-state index in [2.05, 4.69) is 0 Å². The highest BCUT2D eigenvalue weighted by atomic mass is 16.3. The van der Waals surface area contributed by atoms with Crippen LogP contribution in [0.3, 0.4) is 0 Å². The lowest BCUT2D eigenvalue weighted by Gasteiger charge is -2.27. The Morgan fingerprint density at radius 1 is 1.47 bits per heavy atom. The number of hydrogen-bond donors (Lipinski definition) is 2. The van der Waals surface area contributed by atoms with Crippen LogP contribution >= 0.6 is 0 Å². The van der Waals surface area contributed by atoms with Crippen LogP contribution in [-0.4, -0.2) is 28.0 Å². The second kappa shape index (κ2) is 5.61. The maximum Gasteiger partial charge on any atom is 0.240 e. The summed E-state index contributed by atoms with van der Waals surface area (Å²) in [4.78, 5) is 14.3. The van der Waals surface area contributed by atoms with Gasteiger partial charge in [-0.15, -0.1) is 0 Å². The monoisotopic (exact) mass is 262 g/mol. The maximum absolute atomic E-state index is 12.4. The van der Waals surface area contributed by atoms with E-state index in [0.717, 1.165) is 18.4 Å². The molecule has 104 valence electrons. The molecule has 1 saturated carbocycles. The van der Waals surface area contributed by atoms with Crippen molar-refractivity contribution in [3.8, 4) is 5.75 Å². The lowest BCUT2D eigenvalue weighted by Crippen LogP contribution is -2.47. The molecule has 19 heavy (non-hydrogen) atoms. The van der Waals surface area contributed by atoms with Gasteiger partial charge in [-0.25, -0.2) is 0 Å². The Hall–Kier alpha value is -1.55. The van der Waals surface area contributed by atoms with Gasteiger partial charge in [0.1, 0.15) is 5.75 Å². The van der Waals surface area contributed by atoms with Crippen molar-refractivity contribution < 1.29 is 9.90 Å². The van der Waals surface area contributed by atoms with Crippen molar-refractivity contribution in [1.82, 2.24) is 4.90 Å². The standard InChI is InChI=1S/C15H22N2O2/c1-10(2)14(16)15(19)17(12-6-7-12)9-11-4-3-5-13(18)8-11/h3-5,8,10,12,14,18H,6-7,9,16H2,1-2H3/t14-/m0/s1. The van der Waals surface area contributed by atoms with Crippen LogP contribution in [0.2, 0.25) is 0 Å². The second-order valence-corrected chi connectivity index (χ2v) is 5.64. The SMILES string of the molecule is CC(C)[C@H](N)C(=O)N(Cc1cccc(O)c1)C1CC1. The van der Waals surface area contributed by atoms with Crippen LogP contribution in [0.25, 0.3) is 0 Å². The van der Waals surface area contributed by atoms with E-state index in [1.807, 2.05) is 24.8 Å². The van der Waals surface area contributed by atoms with Gasteiger partial charge in [-0.05, 0) is 36.5 Å². The fraction of sp³-hybridized carbons (Fsp3) is 0.533. The first-order valence-electron chi connectivity index (χ1n) is 6.83. The molecule has 1 aliphatic carbocycles. The number of carbonyl (C=O) groups is 1. The summed E-state index contributed by atoms with van der Waals surface area (Å²) in [6.45, 7) is 4.45. The van der Waals surface area contributed by atoms with Crippen molar-refractivity contribution in [3.63, 3.8) is 0 Å². The summed E-state index contributed by atoms with van der Waals surface area (Å²) in [6.07, 6.45) is 2.10. The minimum atomic E-state index is -0.446. The Kier molecular flexibility index (Phi) is 4.10. The fourth-order valence-electron chi connectivity index (χ4n) is 2.10. The molecule has 1 aromatic carbocycles. The Labute approximate surface area is 114 Å². The normalized spacial score (nSPS) is 16.4. The smallest absolute Gasteiger partial charge is 0.240 e. The minimum Gasteiger partial charge on any atom is -0.508 e. The van der Waals surface area contributed by atoms with E-state index in [1.165, 1.54) is 0 Å². The van der Waals surface area contributed by atoms with Crippen molar-refractivity contribution >= 4 is 5.91 Å². The summed E-state index contributed by atoms with van der Waals surface area (Å²) in [5.41, 5.74) is 6.91. The van der Waals surface area contributed by atoms with E-state index in [9.17, 15) is 9.90 Å². The molecule has 3 N–H and O–H groups in total. The number of hydrogen-bond acceptors (Lipinski definition) is 3. The average molecular weight is 262 g/mol. The molecule has 0 bridgehead atoms. The first kappa shape index (κ1) is 13.9. The van der Waals surface area contributed by atoms with Crippen LogP contribution in [-0.2, 0) is 11.3 Å². The van der Waals surface area contributed by atoms with Gasteiger partial charge in [0.2, 0.25) is 5.91 Å². The van der Waals surface area contributed by atoms with Gasteiger partial charge in [0, 0.05) is 12.6 Å². The number of phenols is 1. The number of rotatable bonds is 5. The third kappa shape index (κ3) is 3.47. The van der Waals surface area contributed by atoms with Crippen LogP contribution in [0.5, 0.6) is 5.75 Å². The molecule has 0 heterocycles. The van der Waals surface area contributed by atoms with Gasteiger partial charge in [-0.2, -0.15) is 0 Å². The van der Waals surface area contributed by atoms with Gasteiger partial charge in [0.25, 0.3) is 0 Å². The molecule has 0 radical (unpaired) electrons. The molecule has 0 aromatic heterocycles. The lowest BCUT2D eigenvalue weighted by molar-refractivity contribution is -0.134. The number of phenolic OH excluding ortho intramolecular Hbond substituents is 1. The number of amides is 1. The van der Waals surface area contributed by atoms with Crippen molar-refractivity contribution in [3.05, 3.63) is 29.8 Å². The highest BCUT2D eigenvalue weighted by molar-refractivity contribution is 5.82. The molecule has 0 saturated heterocycles. The number of nitrogens with two attached hydrogens (primary N) is 1. The molecule has 1 fully saturated rings. The molecule has 0 aliphatic heterocycles. The highest BCUT2D eigenvalue weighted by Gasteiger charge is 2.35. The number of carbonyl (C=O) groups excluding carboxylic acids is 1. The van der Waals surface area contributed by atoms with Crippen molar-refractivity contribution in [2.45, 2.75) is 45.3 Å². The van der Waals surface area contributed by atoms with Crippen LogP contribution in [0, 0.1) is 5.92 Å². The lowest BCUT2D eigenvalue weighted by atomic mass is 10.0. The van der Waals surface area contributed by atoms with Gasteiger partial charge >= 0.3 is 0 Å². The topological polar surface area (TPSA) is 66.6 Å². The summed E-state index contributed by atoms with van der Waals surface area (Å²) < 4.78 is 0. The van der Waals surface area contributed by atoms with Crippen LogP contribution in [0.1, 0.15) is 32.3 Å². The number of aromatic hydroxyl groups is 1. The van der Waals surface area contributed by atoms with Gasteiger partial charge in [-0.1, -0.05) is 26.0 Å². The van der Waals surface area contributed by atoms with E-state index in [1.54, 1.807) is 18.2 Å². The second-order valence-electron chi connectivity index (χ2n) is 5.64. The molecule has 2 rings (SSSR count). The number of nitrogens with zero attached hydrogens (tertiary/aromatic N) is 1. The van der Waals surface area contributed by atoms with Crippen LogP contribution in [0.15, 0.2) is 24.3 Å². The highest BCUT2D eigenvalue weighted by Crippen LogP contribution is 2.29. The molecule has 0 spiro atoms. The van der Waals surface area contributed by atoms with Crippen molar-refractivity contribution in [2.75, 3.05) is 0 Å². The van der Waals surface area contributed by atoms with E-state index >= 15 is 0 Å². The third-order valence-electron chi connectivity index (χ3n) is 3.54. The van der Waals surface area contributed by atoms with E-state index in [0.29, 0.717) is 12.6 Å². The summed E-state index contributed by atoms with van der Waals surface area (Å²) in [7, 11) is 0. The Balaban J connectivity index is 2.10. The van der Waals surface area contributed by atoms with Gasteiger partial charge in [0.05, 0.1) is 6.04 Å². The van der Waals surface area contributed by atoms with Crippen molar-refractivity contribution in [2.24, 2.45) is 11.7 Å². The molecular weight excluding hydrogens is 240 g/mol.